The standard InChI is InChI=1S/C18H20N2O/c1-12-8-9-14(13(2)10-12)11-16-18(21)20(3)17-7-5-4-6-15(17)19-16/h4-10,16,19H,11H2,1-3H3/t16-/m0/s1. The number of nitrogens with one attached hydrogen (secondary N) is 1. The number of amides is 1. The van der Waals surface area contributed by atoms with Crippen LogP contribution in [0, 0.1) is 13.8 Å². The Labute approximate surface area is 125 Å². The SMILES string of the molecule is Cc1ccc(C[C@@H]2Nc3ccccc3N(C)C2=O)c(C)c1. The summed E-state index contributed by atoms with van der Waals surface area (Å²) in [5.74, 6) is 0.119. The average molecular weight is 280 g/mol. The molecule has 21 heavy (non-hydrogen) atoms. The van der Waals surface area contributed by atoms with Crippen LogP contribution in [0.25, 0.3) is 0 Å². The van der Waals surface area contributed by atoms with E-state index in [-0.39, 0.29) is 11.9 Å². The van der Waals surface area contributed by atoms with Gasteiger partial charge in [0, 0.05) is 13.5 Å². The zero-order valence-corrected chi connectivity index (χ0v) is 12.7. The lowest BCUT2D eigenvalue weighted by molar-refractivity contribution is -0.119. The second kappa shape index (κ2) is 5.24. The van der Waals surface area contributed by atoms with Gasteiger partial charge in [-0.05, 0) is 37.1 Å². The van der Waals surface area contributed by atoms with E-state index in [0.717, 1.165) is 11.4 Å². The molecule has 0 saturated heterocycles. The van der Waals surface area contributed by atoms with Crippen molar-refractivity contribution in [1.82, 2.24) is 0 Å². The molecule has 1 aliphatic heterocycles. The minimum absolute atomic E-state index is 0.119. The Bertz CT molecular complexity index is 693. The van der Waals surface area contributed by atoms with Crippen LogP contribution >= 0.6 is 0 Å². The van der Waals surface area contributed by atoms with Crippen molar-refractivity contribution in [3.05, 3.63) is 59.2 Å². The molecule has 0 bridgehead atoms. The summed E-state index contributed by atoms with van der Waals surface area (Å²) in [7, 11) is 1.84. The van der Waals surface area contributed by atoms with Gasteiger partial charge in [0.2, 0.25) is 5.91 Å². The number of nitrogens with zero attached hydrogens (tertiary/aromatic N) is 1. The van der Waals surface area contributed by atoms with Crippen molar-refractivity contribution < 1.29 is 4.79 Å². The normalized spacial score (nSPS) is 17.4. The van der Waals surface area contributed by atoms with E-state index >= 15 is 0 Å². The number of aryl methyl sites for hydroxylation is 2. The van der Waals surface area contributed by atoms with Gasteiger partial charge in [0.05, 0.1) is 11.4 Å². The molecule has 0 saturated carbocycles. The van der Waals surface area contributed by atoms with E-state index in [0.29, 0.717) is 6.42 Å². The van der Waals surface area contributed by atoms with Crippen LogP contribution in [0.1, 0.15) is 16.7 Å². The fourth-order valence-electron chi connectivity index (χ4n) is 2.92. The van der Waals surface area contributed by atoms with Crippen LogP contribution in [0.4, 0.5) is 11.4 Å². The lowest BCUT2D eigenvalue weighted by Crippen LogP contribution is -2.46. The van der Waals surface area contributed by atoms with Crippen LogP contribution < -0.4 is 10.2 Å². The highest BCUT2D eigenvalue weighted by Crippen LogP contribution is 2.31. The molecule has 0 fully saturated rings. The van der Waals surface area contributed by atoms with E-state index in [9.17, 15) is 4.79 Å². The van der Waals surface area contributed by atoms with Gasteiger partial charge in [0.15, 0.2) is 0 Å². The minimum Gasteiger partial charge on any atom is -0.372 e. The maximum atomic E-state index is 12.5. The van der Waals surface area contributed by atoms with Crippen molar-refractivity contribution in [1.29, 1.82) is 0 Å². The van der Waals surface area contributed by atoms with Crippen molar-refractivity contribution in [2.45, 2.75) is 26.3 Å². The number of hydrogen-bond donors (Lipinski definition) is 1. The van der Waals surface area contributed by atoms with E-state index in [2.05, 4.69) is 37.4 Å². The van der Waals surface area contributed by atoms with Crippen molar-refractivity contribution >= 4 is 17.3 Å². The molecule has 0 radical (unpaired) electrons. The Morgan fingerprint density at radius 3 is 2.67 bits per heavy atom. The summed E-state index contributed by atoms with van der Waals surface area (Å²) in [4.78, 5) is 14.3. The quantitative estimate of drug-likeness (QED) is 0.915. The molecular formula is C18H20N2O. The first kappa shape index (κ1) is 13.7. The van der Waals surface area contributed by atoms with Crippen molar-refractivity contribution in [3.8, 4) is 0 Å². The number of carbonyl (C=O) groups excluding carboxylic acids is 1. The van der Waals surface area contributed by atoms with Crippen LogP contribution in [-0.4, -0.2) is 19.0 Å². The Hall–Kier alpha value is -2.29. The summed E-state index contributed by atoms with van der Waals surface area (Å²) in [6, 6.07) is 14.1. The van der Waals surface area contributed by atoms with Gasteiger partial charge in [0.1, 0.15) is 6.04 Å². The first-order valence-corrected chi connectivity index (χ1v) is 7.25. The predicted molar refractivity (Wildman–Crippen MR) is 86.9 cm³/mol. The molecule has 1 atom stereocenters. The number of para-hydroxylation sites is 2. The van der Waals surface area contributed by atoms with Gasteiger partial charge in [-0.2, -0.15) is 0 Å². The van der Waals surface area contributed by atoms with Crippen molar-refractivity contribution in [2.75, 3.05) is 17.3 Å². The third-order valence-electron chi connectivity index (χ3n) is 4.15. The van der Waals surface area contributed by atoms with E-state index in [1.807, 2.05) is 31.3 Å². The molecule has 1 aliphatic rings. The molecule has 1 N–H and O–H groups in total. The first-order chi connectivity index (χ1) is 10.1. The summed E-state index contributed by atoms with van der Waals surface area (Å²) in [5, 5.41) is 3.38. The van der Waals surface area contributed by atoms with Crippen molar-refractivity contribution in [2.24, 2.45) is 0 Å². The number of fused-ring (bicyclic) bond motifs is 1. The van der Waals surface area contributed by atoms with Gasteiger partial charge in [-0.3, -0.25) is 4.79 Å². The molecule has 0 unspecified atom stereocenters. The Balaban J connectivity index is 1.88. The monoisotopic (exact) mass is 280 g/mol. The van der Waals surface area contributed by atoms with Gasteiger partial charge in [-0.15, -0.1) is 0 Å². The van der Waals surface area contributed by atoms with Gasteiger partial charge in [-0.1, -0.05) is 35.9 Å². The van der Waals surface area contributed by atoms with Crippen LogP contribution in [0.3, 0.4) is 0 Å². The van der Waals surface area contributed by atoms with Crippen LogP contribution in [0.5, 0.6) is 0 Å². The summed E-state index contributed by atoms with van der Waals surface area (Å²) in [6.07, 6.45) is 0.712. The fraction of sp³-hybridized carbons (Fsp3) is 0.278. The van der Waals surface area contributed by atoms with Gasteiger partial charge < -0.3 is 10.2 Å². The molecular weight excluding hydrogens is 260 g/mol. The molecule has 2 aromatic rings. The lowest BCUT2D eigenvalue weighted by Gasteiger charge is -2.33. The number of anilines is 2. The lowest BCUT2D eigenvalue weighted by atomic mass is 9.97. The van der Waals surface area contributed by atoms with Crippen LogP contribution in [0.2, 0.25) is 0 Å². The topological polar surface area (TPSA) is 32.3 Å². The third kappa shape index (κ3) is 2.51. The number of benzene rings is 2. The number of carbonyl (C=O) groups is 1. The molecule has 3 rings (SSSR count). The van der Waals surface area contributed by atoms with Crippen LogP contribution in [-0.2, 0) is 11.2 Å². The van der Waals surface area contributed by atoms with Gasteiger partial charge in [-0.25, -0.2) is 0 Å². The second-order valence-electron chi connectivity index (χ2n) is 5.75. The average Bonchev–Trinajstić information content (AvgIpc) is 2.47. The smallest absolute Gasteiger partial charge is 0.249 e. The fourth-order valence-corrected chi connectivity index (χ4v) is 2.92. The van der Waals surface area contributed by atoms with Gasteiger partial charge >= 0.3 is 0 Å². The summed E-state index contributed by atoms with van der Waals surface area (Å²) in [5.41, 5.74) is 5.68. The zero-order chi connectivity index (χ0) is 15.0. The highest BCUT2D eigenvalue weighted by Gasteiger charge is 2.30. The number of hydrogen-bond acceptors (Lipinski definition) is 2. The Morgan fingerprint density at radius 2 is 1.90 bits per heavy atom. The van der Waals surface area contributed by atoms with Crippen molar-refractivity contribution in [3.63, 3.8) is 0 Å². The predicted octanol–water partition coefficient (Wildman–Crippen LogP) is 3.30. The largest absolute Gasteiger partial charge is 0.372 e. The maximum absolute atomic E-state index is 12.5. The maximum Gasteiger partial charge on any atom is 0.249 e. The zero-order valence-electron chi connectivity index (χ0n) is 12.7. The molecule has 3 nitrogen and oxygen atoms in total. The number of likely N-dealkylation sites (N-methyl/N-ethyl adjacent to an activating group) is 1. The third-order valence-corrected chi connectivity index (χ3v) is 4.15. The minimum atomic E-state index is -0.202. The van der Waals surface area contributed by atoms with Gasteiger partial charge in [0.25, 0.3) is 0 Å². The van der Waals surface area contributed by atoms with E-state index in [1.165, 1.54) is 16.7 Å². The molecule has 0 aromatic heterocycles. The summed E-state index contributed by atoms with van der Waals surface area (Å²) >= 11 is 0. The first-order valence-electron chi connectivity index (χ1n) is 7.25. The molecule has 108 valence electrons. The molecule has 3 heteroatoms. The van der Waals surface area contributed by atoms with E-state index < -0.39 is 0 Å². The molecule has 2 aromatic carbocycles. The molecule has 1 amide bonds. The van der Waals surface area contributed by atoms with E-state index in [1.54, 1.807) is 4.90 Å². The molecule has 0 spiro atoms. The second-order valence-corrected chi connectivity index (χ2v) is 5.75. The Kier molecular flexibility index (Phi) is 3.42. The number of rotatable bonds is 2. The summed E-state index contributed by atoms with van der Waals surface area (Å²) < 4.78 is 0. The highest BCUT2D eigenvalue weighted by molar-refractivity contribution is 6.04. The Morgan fingerprint density at radius 1 is 1.14 bits per heavy atom. The summed E-state index contributed by atoms with van der Waals surface area (Å²) in [6.45, 7) is 4.19. The molecule has 0 aliphatic carbocycles. The highest BCUT2D eigenvalue weighted by atomic mass is 16.2. The van der Waals surface area contributed by atoms with E-state index in [4.69, 9.17) is 0 Å². The van der Waals surface area contributed by atoms with Crippen LogP contribution in [0.15, 0.2) is 42.5 Å². The molecule has 1 heterocycles.